The van der Waals surface area contributed by atoms with Gasteiger partial charge in [-0.1, -0.05) is 17.7 Å². The van der Waals surface area contributed by atoms with Crippen molar-refractivity contribution in [1.82, 2.24) is 9.97 Å². The van der Waals surface area contributed by atoms with Crippen LogP contribution in [0.2, 0.25) is 0 Å². The molecule has 0 aliphatic rings. The van der Waals surface area contributed by atoms with Crippen LogP contribution in [0.15, 0.2) is 88.8 Å². The third-order valence-electron chi connectivity index (χ3n) is 6.02. The molecule has 0 spiro atoms. The lowest BCUT2D eigenvalue weighted by Gasteiger charge is -2.24. The summed E-state index contributed by atoms with van der Waals surface area (Å²) in [5.74, 6) is -0.158. The summed E-state index contributed by atoms with van der Waals surface area (Å²) in [6.45, 7) is 3.00. The second kappa shape index (κ2) is 12.4. The normalized spacial score (nSPS) is 11.4. The number of methoxy groups -OCH3 is 2. The predicted molar refractivity (Wildman–Crippen MR) is 158 cm³/mol. The number of rotatable bonds is 11. The molecule has 0 fully saturated rings. The van der Waals surface area contributed by atoms with E-state index in [1.165, 1.54) is 62.9 Å². The number of sulfonamides is 2. The molecule has 14 heteroatoms. The van der Waals surface area contributed by atoms with Gasteiger partial charge in [-0.05, 0) is 68.4 Å². The number of anilines is 3. The van der Waals surface area contributed by atoms with Crippen LogP contribution in [0.25, 0.3) is 0 Å². The van der Waals surface area contributed by atoms with E-state index < -0.39 is 32.5 Å². The Morgan fingerprint density at radius 2 is 1.48 bits per heavy atom. The number of amides is 1. The van der Waals surface area contributed by atoms with Gasteiger partial charge in [0.15, 0.2) is 11.5 Å². The van der Waals surface area contributed by atoms with E-state index in [0.29, 0.717) is 11.4 Å². The average molecular weight is 612 g/mol. The van der Waals surface area contributed by atoms with E-state index in [0.717, 1.165) is 9.87 Å². The van der Waals surface area contributed by atoms with Crippen molar-refractivity contribution in [2.45, 2.75) is 23.6 Å². The maximum absolute atomic E-state index is 13.8. The fourth-order valence-electron chi connectivity index (χ4n) is 3.86. The number of hydrogen-bond acceptors (Lipinski definition) is 9. The summed E-state index contributed by atoms with van der Waals surface area (Å²) in [5.41, 5.74) is 2.04. The summed E-state index contributed by atoms with van der Waals surface area (Å²) < 4.78 is 66.8. The molecule has 0 bridgehead atoms. The Labute approximate surface area is 244 Å². The third-order valence-corrected chi connectivity index (χ3v) is 9.13. The molecule has 220 valence electrons. The number of carbonyl (C=O) groups is 1. The van der Waals surface area contributed by atoms with Crippen molar-refractivity contribution in [3.63, 3.8) is 0 Å². The molecule has 0 aliphatic carbocycles. The highest BCUT2D eigenvalue weighted by molar-refractivity contribution is 7.93. The minimum Gasteiger partial charge on any atom is -0.493 e. The number of nitrogens with zero attached hydrogens (tertiary/aromatic N) is 3. The van der Waals surface area contributed by atoms with Crippen molar-refractivity contribution in [2.24, 2.45) is 0 Å². The summed E-state index contributed by atoms with van der Waals surface area (Å²) in [4.78, 5) is 20.9. The Hall–Kier alpha value is -4.69. The van der Waals surface area contributed by atoms with Crippen LogP contribution in [0, 0.1) is 13.8 Å². The van der Waals surface area contributed by atoms with Crippen LogP contribution in [0.4, 0.5) is 17.3 Å². The average Bonchev–Trinajstić information content (AvgIpc) is 2.96. The lowest BCUT2D eigenvalue weighted by molar-refractivity contribution is -0.114. The quantitative estimate of drug-likeness (QED) is 0.258. The molecule has 3 aromatic carbocycles. The van der Waals surface area contributed by atoms with Gasteiger partial charge in [-0.3, -0.25) is 9.10 Å². The third kappa shape index (κ3) is 6.95. The van der Waals surface area contributed by atoms with Gasteiger partial charge in [-0.15, -0.1) is 0 Å². The second-order valence-electron chi connectivity index (χ2n) is 9.06. The largest absolute Gasteiger partial charge is 0.493 e. The van der Waals surface area contributed by atoms with Crippen molar-refractivity contribution < 1.29 is 31.1 Å². The Morgan fingerprint density at radius 3 is 2.10 bits per heavy atom. The fraction of sp³-hybridized carbons (Fsp3) is 0.179. The molecular formula is C28H29N5O7S2. The summed E-state index contributed by atoms with van der Waals surface area (Å²) in [6, 6.07) is 17.8. The molecule has 1 aromatic heterocycles. The molecule has 42 heavy (non-hydrogen) atoms. The van der Waals surface area contributed by atoms with Crippen LogP contribution in [-0.4, -0.2) is 53.5 Å². The molecule has 0 saturated carbocycles. The molecule has 4 rings (SSSR count). The van der Waals surface area contributed by atoms with Gasteiger partial charge < -0.3 is 14.8 Å². The fourth-order valence-corrected chi connectivity index (χ4v) is 6.24. The SMILES string of the molecule is COc1ccc(S(=O)(=O)N(CC(=O)Nc2ccc(S(=O)(=O)Nc3nccc(C)n3)cc2)c2ccc(C)cc2)cc1OC. The number of aryl methyl sites for hydroxylation is 2. The van der Waals surface area contributed by atoms with Crippen LogP contribution in [0.5, 0.6) is 11.5 Å². The van der Waals surface area contributed by atoms with Gasteiger partial charge in [0.25, 0.3) is 20.0 Å². The number of benzene rings is 3. The summed E-state index contributed by atoms with van der Waals surface area (Å²) >= 11 is 0. The Morgan fingerprint density at radius 1 is 0.833 bits per heavy atom. The maximum atomic E-state index is 13.8. The van der Waals surface area contributed by atoms with Crippen LogP contribution >= 0.6 is 0 Å². The zero-order valence-electron chi connectivity index (χ0n) is 23.2. The lowest BCUT2D eigenvalue weighted by atomic mass is 10.2. The zero-order chi connectivity index (χ0) is 30.5. The first kappa shape index (κ1) is 30.3. The minimum absolute atomic E-state index is 0.0701. The van der Waals surface area contributed by atoms with Crippen LogP contribution in [-0.2, 0) is 24.8 Å². The second-order valence-corrected chi connectivity index (χ2v) is 12.6. The standard InChI is InChI=1S/C28H29N5O7S2/c1-19-5-9-22(10-6-19)33(42(37,38)24-13-14-25(39-3)26(17-24)40-4)18-27(34)31-21-7-11-23(12-8-21)41(35,36)32-28-29-16-15-20(2)30-28/h5-17H,18H2,1-4H3,(H,31,34)(H,29,30,32). The van der Waals surface area contributed by atoms with Crippen LogP contribution in [0.1, 0.15) is 11.3 Å². The molecule has 2 N–H and O–H groups in total. The summed E-state index contributed by atoms with van der Waals surface area (Å²) in [5, 5.41) is 2.62. The van der Waals surface area contributed by atoms with E-state index in [-0.39, 0.29) is 32.9 Å². The highest BCUT2D eigenvalue weighted by atomic mass is 32.2. The number of carbonyl (C=O) groups excluding carboxylic acids is 1. The number of nitrogens with one attached hydrogen (secondary N) is 2. The monoisotopic (exact) mass is 611 g/mol. The predicted octanol–water partition coefficient (Wildman–Crippen LogP) is 3.75. The van der Waals surface area contributed by atoms with E-state index >= 15 is 0 Å². The molecule has 0 atom stereocenters. The van der Waals surface area contributed by atoms with Crippen LogP contribution < -0.4 is 23.8 Å². The molecule has 1 amide bonds. The summed E-state index contributed by atoms with van der Waals surface area (Å²) in [6.07, 6.45) is 1.43. The topological polar surface area (TPSA) is 157 Å². The number of hydrogen-bond donors (Lipinski definition) is 2. The smallest absolute Gasteiger partial charge is 0.264 e. The van der Waals surface area contributed by atoms with Gasteiger partial charge in [0.2, 0.25) is 11.9 Å². The van der Waals surface area contributed by atoms with E-state index in [4.69, 9.17) is 9.47 Å². The van der Waals surface area contributed by atoms with E-state index in [1.54, 1.807) is 37.3 Å². The number of ether oxygens (including phenoxy) is 2. The zero-order valence-corrected chi connectivity index (χ0v) is 24.9. The van der Waals surface area contributed by atoms with Crippen molar-refractivity contribution in [2.75, 3.05) is 35.1 Å². The molecule has 0 aliphatic heterocycles. The van der Waals surface area contributed by atoms with Crippen molar-refractivity contribution >= 4 is 43.3 Å². The molecular weight excluding hydrogens is 582 g/mol. The molecule has 0 radical (unpaired) electrons. The molecule has 0 saturated heterocycles. The van der Waals surface area contributed by atoms with Gasteiger partial charge >= 0.3 is 0 Å². The molecule has 12 nitrogen and oxygen atoms in total. The van der Waals surface area contributed by atoms with E-state index in [1.807, 2.05) is 6.92 Å². The van der Waals surface area contributed by atoms with Crippen molar-refractivity contribution in [3.8, 4) is 11.5 Å². The maximum Gasteiger partial charge on any atom is 0.264 e. The Kier molecular flexibility index (Phi) is 8.97. The van der Waals surface area contributed by atoms with Gasteiger partial charge in [0.05, 0.1) is 29.7 Å². The van der Waals surface area contributed by atoms with Gasteiger partial charge in [0, 0.05) is 23.6 Å². The van der Waals surface area contributed by atoms with Crippen molar-refractivity contribution in [1.29, 1.82) is 0 Å². The van der Waals surface area contributed by atoms with E-state index in [9.17, 15) is 21.6 Å². The Balaban J connectivity index is 1.56. The first-order valence-electron chi connectivity index (χ1n) is 12.5. The van der Waals surface area contributed by atoms with Gasteiger partial charge in [-0.2, -0.15) is 0 Å². The molecule has 4 aromatic rings. The number of aromatic nitrogens is 2. The lowest BCUT2D eigenvalue weighted by Crippen LogP contribution is -2.38. The first-order valence-corrected chi connectivity index (χ1v) is 15.4. The minimum atomic E-state index is -4.23. The highest BCUT2D eigenvalue weighted by Gasteiger charge is 2.28. The van der Waals surface area contributed by atoms with Gasteiger partial charge in [-0.25, -0.2) is 31.5 Å². The molecule has 0 unspecified atom stereocenters. The molecule has 1 heterocycles. The van der Waals surface area contributed by atoms with Crippen LogP contribution in [0.3, 0.4) is 0 Å². The van der Waals surface area contributed by atoms with E-state index in [2.05, 4.69) is 20.0 Å². The first-order chi connectivity index (χ1) is 19.9. The van der Waals surface area contributed by atoms with Gasteiger partial charge in [0.1, 0.15) is 6.54 Å². The van der Waals surface area contributed by atoms with Crippen molar-refractivity contribution in [3.05, 3.63) is 90.3 Å². The Bertz CT molecular complexity index is 1800. The summed E-state index contributed by atoms with van der Waals surface area (Å²) in [7, 11) is -5.39. The highest BCUT2D eigenvalue weighted by Crippen LogP contribution is 2.32.